The molecule has 0 aliphatic rings. The van der Waals surface area contributed by atoms with Gasteiger partial charge in [-0.25, -0.2) is 4.39 Å². The van der Waals surface area contributed by atoms with E-state index < -0.39 is 0 Å². The molecule has 1 aromatic rings. The lowest BCUT2D eigenvalue weighted by molar-refractivity contribution is 0.307. The Morgan fingerprint density at radius 2 is 2.14 bits per heavy atom. The van der Waals surface area contributed by atoms with Crippen LogP contribution in [0.15, 0.2) is 18.2 Å². The summed E-state index contributed by atoms with van der Waals surface area (Å²) in [5, 5.41) is 0. The van der Waals surface area contributed by atoms with Gasteiger partial charge in [0, 0.05) is 5.88 Å². The second-order valence-corrected chi connectivity index (χ2v) is 3.53. The number of hydrogen-bond acceptors (Lipinski definition) is 1. The van der Waals surface area contributed by atoms with Crippen LogP contribution < -0.4 is 4.74 Å². The van der Waals surface area contributed by atoms with Crippen LogP contribution in [-0.2, 0) is 0 Å². The van der Waals surface area contributed by atoms with Crippen molar-refractivity contribution in [1.82, 2.24) is 0 Å². The van der Waals surface area contributed by atoms with Gasteiger partial charge in [-0.3, -0.25) is 0 Å². The molecule has 0 atom stereocenters. The molecular weight excluding hydrogens is 203 g/mol. The molecule has 0 aromatic heterocycles. The Balaban J connectivity index is 2.42. The summed E-state index contributed by atoms with van der Waals surface area (Å²) in [4.78, 5) is 0. The summed E-state index contributed by atoms with van der Waals surface area (Å²) in [5.41, 5.74) is 0.830. The fourth-order valence-electron chi connectivity index (χ4n) is 1.15. The van der Waals surface area contributed by atoms with Crippen LogP contribution in [0.1, 0.15) is 18.4 Å². The second kappa shape index (κ2) is 5.86. The van der Waals surface area contributed by atoms with Gasteiger partial charge in [-0.15, -0.1) is 11.6 Å². The van der Waals surface area contributed by atoms with Crippen molar-refractivity contribution in [1.29, 1.82) is 0 Å². The highest BCUT2D eigenvalue weighted by molar-refractivity contribution is 6.17. The van der Waals surface area contributed by atoms with Gasteiger partial charge in [-0.2, -0.15) is 0 Å². The normalized spacial score (nSPS) is 10.2. The molecule has 78 valence electrons. The minimum atomic E-state index is -0.226. The van der Waals surface area contributed by atoms with E-state index in [1.54, 1.807) is 6.07 Å². The monoisotopic (exact) mass is 216 g/mol. The maximum Gasteiger partial charge on any atom is 0.123 e. The van der Waals surface area contributed by atoms with Crippen LogP contribution in [-0.4, -0.2) is 12.5 Å². The van der Waals surface area contributed by atoms with E-state index in [-0.39, 0.29) is 5.82 Å². The van der Waals surface area contributed by atoms with E-state index in [0.29, 0.717) is 12.5 Å². The molecule has 0 heterocycles. The molecule has 0 aliphatic heterocycles. The van der Waals surface area contributed by atoms with Gasteiger partial charge in [0.2, 0.25) is 0 Å². The molecular formula is C11H14ClFO. The van der Waals surface area contributed by atoms with Gasteiger partial charge in [0.05, 0.1) is 6.61 Å². The van der Waals surface area contributed by atoms with Crippen LogP contribution in [0.4, 0.5) is 4.39 Å². The van der Waals surface area contributed by atoms with E-state index in [4.69, 9.17) is 16.3 Å². The largest absolute Gasteiger partial charge is 0.493 e. The lowest BCUT2D eigenvalue weighted by Crippen LogP contribution is -1.99. The third-order valence-electron chi connectivity index (χ3n) is 1.92. The summed E-state index contributed by atoms with van der Waals surface area (Å²) in [6.45, 7) is 2.47. The maximum atomic E-state index is 12.7. The van der Waals surface area contributed by atoms with Gasteiger partial charge in [0.1, 0.15) is 11.6 Å². The molecule has 0 saturated heterocycles. The molecule has 0 spiro atoms. The van der Waals surface area contributed by atoms with Crippen LogP contribution in [0.25, 0.3) is 0 Å². The Labute approximate surface area is 88.8 Å². The molecule has 1 nitrogen and oxygen atoms in total. The molecule has 3 heteroatoms. The Morgan fingerprint density at radius 1 is 1.36 bits per heavy atom. The molecule has 1 aromatic carbocycles. The average molecular weight is 217 g/mol. The minimum Gasteiger partial charge on any atom is -0.493 e. The Kier molecular flexibility index (Phi) is 4.74. The third kappa shape index (κ3) is 3.54. The number of ether oxygens (including phenoxy) is 1. The number of rotatable bonds is 5. The zero-order valence-electron chi connectivity index (χ0n) is 8.22. The molecule has 14 heavy (non-hydrogen) atoms. The summed E-state index contributed by atoms with van der Waals surface area (Å²) in [7, 11) is 0. The van der Waals surface area contributed by atoms with Gasteiger partial charge in [0.25, 0.3) is 0 Å². The van der Waals surface area contributed by atoms with Crippen LogP contribution >= 0.6 is 11.6 Å². The predicted octanol–water partition coefficient (Wildman–Crippen LogP) is 3.53. The third-order valence-corrected chi connectivity index (χ3v) is 2.19. The maximum absolute atomic E-state index is 12.7. The van der Waals surface area contributed by atoms with Gasteiger partial charge >= 0.3 is 0 Å². The number of alkyl halides is 1. The van der Waals surface area contributed by atoms with Crippen molar-refractivity contribution in [2.45, 2.75) is 19.8 Å². The summed E-state index contributed by atoms with van der Waals surface area (Å²) < 4.78 is 18.2. The van der Waals surface area contributed by atoms with E-state index in [9.17, 15) is 4.39 Å². The predicted molar refractivity (Wildman–Crippen MR) is 56.6 cm³/mol. The van der Waals surface area contributed by atoms with Gasteiger partial charge in [-0.1, -0.05) is 0 Å². The Hall–Kier alpha value is -0.760. The first-order valence-corrected chi connectivity index (χ1v) is 5.22. The van der Waals surface area contributed by atoms with Crippen molar-refractivity contribution in [3.8, 4) is 5.75 Å². The van der Waals surface area contributed by atoms with Crippen molar-refractivity contribution in [2.75, 3.05) is 12.5 Å². The summed E-state index contributed by atoms with van der Waals surface area (Å²) >= 11 is 5.53. The van der Waals surface area contributed by atoms with Crippen LogP contribution in [0.3, 0.4) is 0 Å². The number of halogens is 2. The van der Waals surface area contributed by atoms with Gasteiger partial charge in [0.15, 0.2) is 0 Å². The molecule has 0 unspecified atom stereocenters. The summed E-state index contributed by atoms with van der Waals surface area (Å²) in [6.07, 6.45) is 1.88. The first kappa shape index (κ1) is 11.3. The van der Waals surface area contributed by atoms with E-state index in [0.717, 1.165) is 24.2 Å². The van der Waals surface area contributed by atoms with Gasteiger partial charge in [-0.05, 0) is 43.5 Å². The van der Waals surface area contributed by atoms with Crippen molar-refractivity contribution in [3.63, 3.8) is 0 Å². The number of unbranched alkanes of at least 4 members (excludes halogenated alkanes) is 1. The Bertz CT molecular complexity index is 289. The van der Waals surface area contributed by atoms with E-state index in [2.05, 4.69) is 0 Å². The molecule has 0 N–H and O–H groups in total. The zero-order valence-corrected chi connectivity index (χ0v) is 8.98. The first-order chi connectivity index (χ1) is 6.74. The number of aryl methyl sites for hydroxylation is 1. The fourth-order valence-corrected chi connectivity index (χ4v) is 1.34. The van der Waals surface area contributed by atoms with Crippen molar-refractivity contribution >= 4 is 11.6 Å². The van der Waals surface area contributed by atoms with Crippen LogP contribution in [0, 0.1) is 12.7 Å². The molecule has 0 radical (unpaired) electrons. The topological polar surface area (TPSA) is 9.23 Å². The summed E-state index contributed by atoms with van der Waals surface area (Å²) in [6, 6.07) is 4.53. The molecule has 0 saturated carbocycles. The SMILES string of the molecule is Cc1cc(F)ccc1OCCCCCl. The fraction of sp³-hybridized carbons (Fsp3) is 0.455. The van der Waals surface area contributed by atoms with Crippen molar-refractivity contribution < 1.29 is 9.13 Å². The van der Waals surface area contributed by atoms with Crippen LogP contribution in [0.5, 0.6) is 5.75 Å². The molecule has 1 rings (SSSR count). The lowest BCUT2D eigenvalue weighted by atomic mass is 10.2. The Morgan fingerprint density at radius 3 is 2.79 bits per heavy atom. The van der Waals surface area contributed by atoms with Gasteiger partial charge < -0.3 is 4.74 Å². The quantitative estimate of drug-likeness (QED) is 0.541. The summed E-state index contributed by atoms with van der Waals surface area (Å²) in [5.74, 6) is 1.18. The van der Waals surface area contributed by atoms with E-state index >= 15 is 0 Å². The van der Waals surface area contributed by atoms with E-state index in [1.807, 2.05) is 6.92 Å². The lowest BCUT2D eigenvalue weighted by Gasteiger charge is -2.08. The molecule has 0 aliphatic carbocycles. The zero-order chi connectivity index (χ0) is 10.4. The standard InChI is InChI=1S/C11H14ClFO/c1-9-8-10(13)4-5-11(9)14-7-3-2-6-12/h4-5,8H,2-3,6-7H2,1H3. The second-order valence-electron chi connectivity index (χ2n) is 3.15. The van der Waals surface area contributed by atoms with Crippen molar-refractivity contribution in [2.24, 2.45) is 0 Å². The number of benzene rings is 1. The molecule has 0 bridgehead atoms. The average Bonchev–Trinajstić information content (AvgIpc) is 2.15. The highest BCUT2D eigenvalue weighted by Gasteiger charge is 2.00. The minimum absolute atomic E-state index is 0.226. The van der Waals surface area contributed by atoms with E-state index in [1.165, 1.54) is 12.1 Å². The number of hydrogen-bond donors (Lipinski definition) is 0. The molecule has 0 amide bonds. The highest BCUT2D eigenvalue weighted by atomic mass is 35.5. The van der Waals surface area contributed by atoms with Crippen LogP contribution in [0.2, 0.25) is 0 Å². The highest BCUT2D eigenvalue weighted by Crippen LogP contribution is 2.18. The first-order valence-electron chi connectivity index (χ1n) is 4.69. The van der Waals surface area contributed by atoms with Crippen molar-refractivity contribution in [3.05, 3.63) is 29.6 Å². The smallest absolute Gasteiger partial charge is 0.123 e. The molecule has 0 fully saturated rings.